The number of carbonyl (C=O) groups excluding carboxylic acids is 1. The molecule has 0 saturated heterocycles. The smallest absolute Gasteiger partial charge is 0.302 e. The molecule has 0 spiro atoms. The van der Waals surface area contributed by atoms with Gasteiger partial charge in [0.1, 0.15) is 6.10 Å². The predicted octanol–water partition coefficient (Wildman–Crippen LogP) is 5.60. The highest BCUT2D eigenvalue weighted by atomic mass is 16.5. The van der Waals surface area contributed by atoms with E-state index in [-0.39, 0.29) is 12.1 Å². The third kappa shape index (κ3) is 10.3. The van der Waals surface area contributed by atoms with E-state index in [4.69, 9.17) is 4.74 Å². The minimum atomic E-state index is -0.164. The maximum Gasteiger partial charge on any atom is 0.302 e. The van der Waals surface area contributed by atoms with Crippen molar-refractivity contribution >= 4 is 5.97 Å². The molecule has 2 nitrogen and oxygen atoms in total. The summed E-state index contributed by atoms with van der Waals surface area (Å²) in [5.74, 6) is 1.98. The summed E-state index contributed by atoms with van der Waals surface area (Å²) in [6, 6.07) is 0. The van der Waals surface area contributed by atoms with Gasteiger partial charge in [0.25, 0.3) is 0 Å². The van der Waals surface area contributed by atoms with Crippen LogP contribution in [0.4, 0.5) is 0 Å². The summed E-state index contributed by atoms with van der Waals surface area (Å²) in [4.78, 5) is 10.9. The molecule has 0 fully saturated rings. The standard InChI is InChI=1S/C18H36O2/c1-7-8-10-14(2)13-15(3)11-9-12-16(4)17(5)20-18(6)19/h14-17H,7-13H2,1-6H3/t14-,15-,16-,17-/m0/s1. The molecular weight excluding hydrogens is 248 g/mol. The highest BCUT2D eigenvalue weighted by molar-refractivity contribution is 5.66. The van der Waals surface area contributed by atoms with Crippen molar-refractivity contribution in [2.45, 2.75) is 92.6 Å². The summed E-state index contributed by atoms with van der Waals surface area (Å²) in [7, 11) is 0. The third-order valence-electron chi connectivity index (χ3n) is 4.36. The fourth-order valence-electron chi connectivity index (χ4n) is 2.88. The number of unbranched alkanes of at least 4 members (excludes halogenated alkanes) is 1. The van der Waals surface area contributed by atoms with Gasteiger partial charge in [0, 0.05) is 6.92 Å². The van der Waals surface area contributed by atoms with Gasteiger partial charge in [-0.25, -0.2) is 0 Å². The van der Waals surface area contributed by atoms with Crippen LogP contribution in [0.5, 0.6) is 0 Å². The molecule has 0 aromatic rings. The second kappa shape index (κ2) is 11.2. The van der Waals surface area contributed by atoms with E-state index < -0.39 is 0 Å². The zero-order chi connectivity index (χ0) is 15.5. The normalized spacial score (nSPS) is 17.3. The summed E-state index contributed by atoms with van der Waals surface area (Å²) in [5, 5.41) is 0. The molecule has 0 aromatic carbocycles. The Labute approximate surface area is 126 Å². The summed E-state index contributed by atoms with van der Waals surface area (Å²) in [5.41, 5.74) is 0. The van der Waals surface area contributed by atoms with Crippen LogP contribution in [-0.4, -0.2) is 12.1 Å². The Kier molecular flexibility index (Phi) is 10.9. The first-order valence-corrected chi connectivity index (χ1v) is 8.54. The molecule has 0 rings (SSSR count). The Morgan fingerprint density at radius 1 is 0.950 bits per heavy atom. The number of ether oxygens (including phenoxy) is 1. The first-order chi connectivity index (χ1) is 9.36. The summed E-state index contributed by atoms with van der Waals surface area (Å²) < 4.78 is 5.24. The van der Waals surface area contributed by atoms with Crippen molar-refractivity contribution in [1.29, 1.82) is 0 Å². The number of carbonyl (C=O) groups is 1. The van der Waals surface area contributed by atoms with Gasteiger partial charge < -0.3 is 4.74 Å². The highest BCUT2D eigenvalue weighted by Gasteiger charge is 2.15. The summed E-state index contributed by atoms with van der Waals surface area (Å²) in [6.07, 6.45) is 9.15. The molecule has 0 saturated carbocycles. The van der Waals surface area contributed by atoms with Crippen LogP contribution in [0.2, 0.25) is 0 Å². The minimum absolute atomic E-state index is 0.0475. The average Bonchev–Trinajstić information content (AvgIpc) is 2.35. The van der Waals surface area contributed by atoms with E-state index in [1.807, 2.05) is 6.92 Å². The van der Waals surface area contributed by atoms with Gasteiger partial charge in [-0.05, 0) is 37.5 Å². The lowest BCUT2D eigenvalue weighted by Gasteiger charge is -2.21. The van der Waals surface area contributed by atoms with E-state index in [9.17, 15) is 4.79 Å². The quantitative estimate of drug-likeness (QED) is 0.462. The molecular formula is C18H36O2. The molecule has 20 heavy (non-hydrogen) atoms. The molecule has 0 aromatic heterocycles. The van der Waals surface area contributed by atoms with E-state index in [2.05, 4.69) is 27.7 Å². The number of rotatable bonds is 11. The number of hydrogen-bond donors (Lipinski definition) is 0. The van der Waals surface area contributed by atoms with Gasteiger partial charge in [0.15, 0.2) is 0 Å². The van der Waals surface area contributed by atoms with Gasteiger partial charge in [-0.1, -0.05) is 59.8 Å². The molecule has 0 heterocycles. The lowest BCUT2D eigenvalue weighted by Crippen LogP contribution is -2.20. The van der Waals surface area contributed by atoms with Crippen molar-refractivity contribution < 1.29 is 9.53 Å². The number of hydrogen-bond acceptors (Lipinski definition) is 2. The first kappa shape index (κ1) is 19.5. The molecule has 0 aliphatic heterocycles. The lowest BCUT2D eigenvalue weighted by atomic mass is 9.88. The van der Waals surface area contributed by atoms with Gasteiger partial charge in [0.05, 0.1) is 0 Å². The fraction of sp³-hybridized carbons (Fsp3) is 0.944. The molecule has 0 amide bonds. The Morgan fingerprint density at radius 2 is 1.50 bits per heavy atom. The van der Waals surface area contributed by atoms with Crippen LogP contribution >= 0.6 is 0 Å². The first-order valence-electron chi connectivity index (χ1n) is 8.54. The average molecular weight is 284 g/mol. The van der Waals surface area contributed by atoms with Gasteiger partial charge in [-0.2, -0.15) is 0 Å². The highest BCUT2D eigenvalue weighted by Crippen LogP contribution is 2.23. The van der Waals surface area contributed by atoms with Crippen molar-refractivity contribution in [2.24, 2.45) is 17.8 Å². The van der Waals surface area contributed by atoms with Gasteiger partial charge in [0.2, 0.25) is 0 Å². The van der Waals surface area contributed by atoms with Crippen LogP contribution < -0.4 is 0 Å². The molecule has 0 aliphatic rings. The third-order valence-corrected chi connectivity index (χ3v) is 4.36. The molecule has 0 aliphatic carbocycles. The van der Waals surface area contributed by atoms with Crippen molar-refractivity contribution in [3.05, 3.63) is 0 Å². The van der Waals surface area contributed by atoms with E-state index in [0.29, 0.717) is 5.92 Å². The fourth-order valence-corrected chi connectivity index (χ4v) is 2.88. The Balaban J connectivity index is 3.74. The summed E-state index contributed by atoms with van der Waals surface area (Å²) in [6.45, 7) is 12.7. The predicted molar refractivity (Wildman–Crippen MR) is 86.7 cm³/mol. The van der Waals surface area contributed by atoms with Crippen LogP contribution in [0, 0.1) is 17.8 Å². The Hall–Kier alpha value is -0.530. The van der Waals surface area contributed by atoms with Crippen molar-refractivity contribution in [2.75, 3.05) is 0 Å². The SMILES string of the molecule is CCCC[C@H](C)C[C@@H](C)CCC[C@H](C)[C@H](C)OC(C)=O. The van der Waals surface area contributed by atoms with Gasteiger partial charge in [-0.3, -0.25) is 4.79 Å². The van der Waals surface area contributed by atoms with Crippen LogP contribution in [0.1, 0.15) is 86.5 Å². The van der Waals surface area contributed by atoms with Crippen molar-refractivity contribution in [3.8, 4) is 0 Å². The van der Waals surface area contributed by atoms with Crippen LogP contribution in [-0.2, 0) is 9.53 Å². The molecule has 0 bridgehead atoms. The maximum absolute atomic E-state index is 10.9. The minimum Gasteiger partial charge on any atom is -0.463 e. The second-order valence-electron chi connectivity index (χ2n) is 6.81. The largest absolute Gasteiger partial charge is 0.463 e. The van der Waals surface area contributed by atoms with Gasteiger partial charge in [-0.15, -0.1) is 0 Å². The summed E-state index contributed by atoms with van der Waals surface area (Å²) >= 11 is 0. The molecule has 0 radical (unpaired) electrons. The molecule has 2 heteroatoms. The maximum atomic E-state index is 10.9. The topological polar surface area (TPSA) is 26.3 Å². The van der Waals surface area contributed by atoms with Crippen molar-refractivity contribution in [1.82, 2.24) is 0 Å². The second-order valence-corrected chi connectivity index (χ2v) is 6.81. The molecule has 120 valence electrons. The van der Waals surface area contributed by atoms with E-state index in [1.165, 1.54) is 45.4 Å². The lowest BCUT2D eigenvalue weighted by molar-refractivity contribution is -0.147. The molecule has 0 unspecified atom stereocenters. The zero-order valence-corrected chi connectivity index (χ0v) is 14.6. The zero-order valence-electron chi connectivity index (χ0n) is 14.6. The molecule has 0 N–H and O–H groups in total. The number of esters is 1. The van der Waals surface area contributed by atoms with Crippen molar-refractivity contribution in [3.63, 3.8) is 0 Å². The van der Waals surface area contributed by atoms with E-state index in [1.54, 1.807) is 0 Å². The van der Waals surface area contributed by atoms with E-state index in [0.717, 1.165) is 18.3 Å². The Bertz CT molecular complexity index is 250. The van der Waals surface area contributed by atoms with Gasteiger partial charge >= 0.3 is 5.97 Å². The van der Waals surface area contributed by atoms with Crippen LogP contribution in [0.3, 0.4) is 0 Å². The Morgan fingerprint density at radius 3 is 2.00 bits per heavy atom. The van der Waals surface area contributed by atoms with Crippen LogP contribution in [0.25, 0.3) is 0 Å². The van der Waals surface area contributed by atoms with E-state index >= 15 is 0 Å². The monoisotopic (exact) mass is 284 g/mol. The van der Waals surface area contributed by atoms with Crippen LogP contribution in [0.15, 0.2) is 0 Å². The molecule has 4 atom stereocenters.